The van der Waals surface area contributed by atoms with Crippen LogP contribution in [0.4, 0.5) is 15.8 Å². The van der Waals surface area contributed by atoms with Gasteiger partial charge in [0.05, 0.1) is 18.0 Å². The summed E-state index contributed by atoms with van der Waals surface area (Å²) >= 11 is 0. The van der Waals surface area contributed by atoms with Crippen LogP contribution in [0.2, 0.25) is 0 Å². The van der Waals surface area contributed by atoms with Crippen LogP contribution in [0.5, 0.6) is 5.75 Å². The quantitative estimate of drug-likeness (QED) is 0.799. The molecule has 0 aliphatic carbocycles. The fourth-order valence-corrected chi connectivity index (χ4v) is 1.94. The Hall–Kier alpha value is -2.30. The summed E-state index contributed by atoms with van der Waals surface area (Å²) in [7, 11) is 0. The molecule has 21 heavy (non-hydrogen) atoms. The number of halogens is 1. The molecule has 0 amide bonds. The maximum absolute atomic E-state index is 13.7. The molecule has 1 aromatic heterocycles. The fourth-order valence-electron chi connectivity index (χ4n) is 1.94. The number of hydrogen-bond acceptors (Lipinski definition) is 4. The van der Waals surface area contributed by atoms with E-state index in [1.807, 2.05) is 19.9 Å². The van der Waals surface area contributed by atoms with Gasteiger partial charge in [0.2, 0.25) is 0 Å². The molecule has 0 unspecified atom stereocenters. The Labute approximate surface area is 124 Å². The standard InChI is InChI=1S/C16H20FN3O/c1-3-6-21-16-8-15(14(18)7-13(16)17)20-10-12-4-5-19-9-11(12)2/h4-5,7-9,20H,3,6,10,18H2,1-2H3. The van der Waals surface area contributed by atoms with Gasteiger partial charge in [0, 0.05) is 31.1 Å². The Morgan fingerprint density at radius 3 is 2.90 bits per heavy atom. The van der Waals surface area contributed by atoms with Crippen LogP contribution in [0.3, 0.4) is 0 Å². The molecule has 0 spiro atoms. The van der Waals surface area contributed by atoms with Crippen LogP contribution in [-0.2, 0) is 6.54 Å². The number of anilines is 2. The van der Waals surface area contributed by atoms with Gasteiger partial charge >= 0.3 is 0 Å². The van der Waals surface area contributed by atoms with Gasteiger partial charge in [0.25, 0.3) is 0 Å². The first-order valence-electron chi connectivity index (χ1n) is 6.97. The Kier molecular flexibility index (Phi) is 4.98. The first kappa shape index (κ1) is 15.1. The molecule has 0 bridgehead atoms. The van der Waals surface area contributed by atoms with E-state index in [2.05, 4.69) is 10.3 Å². The van der Waals surface area contributed by atoms with Crippen LogP contribution in [0, 0.1) is 12.7 Å². The molecule has 2 rings (SSSR count). The second-order valence-corrected chi connectivity index (χ2v) is 4.87. The van der Waals surface area contributed by atoms with Gasteiger partial charge in [0.15, 0.2) is 11.6 Å². The van der Waals surface area contributed by atoms with E-state index < -0.39 is 5.82 Å². The predicted molar refractivity (Wildman–Crippen MR) is 82.9 cm³/mol. The Balaban J connectivity index is 2.14. The number of aryl methyl sites for hydroxylation is 1. The van der Waals surface area contributed by atoms with Gasteiger partial charge in [-0.15, -0.1) is 0 Å². The largest absolute Gasteiger partial charge is 0.490 e. The van der Waals surface area contributed by atoms with Crippen LogP contribution < -0.4 is 15.8 Å². The van der Waals surface area contributed by atoms with E-state index in [1.54, 1.807) is 18.5 Å². The van der Waals surface area contributed by atoms with Gasteiger partial charge in [-0.25, -0.2) is 4.39 Å². The number of aromatic nitrogens is 1. The van der Waals surface area contributed by atoms with Gasteiger partial charge in [-0.1, -0.05) is 6.92 Å². The molecule has 1 aromatic carbocycles. The molecule has 0 aliphatic heterocycles. The molecule has 0 saturated heterocycles. The van der Waals surface area contributed by atoms with Gasteiger partial charge in [-0.3, -0.25) is 4.98 Å². The van der Waals surface area contributed by atoms with Crippen molar-refractivity contribution in [2.75, 3.05) is 17.7 Å². The average molecular weight is 289 g/mol. The first-order chi connectivity index (χ1) is 10.1. The van der Waals surface area contributed by atoms with Crippen molar-refractivity contribution in [1.82, 2.24) is 4.98 Å². The second kappa shape index (κ2) is 6.92. The highest BCUT2D eigenvalue weighted by Crippen LogP contribution is 2.28. The van der Waals surface area contributed by atoms with E-state index in [9.17, 15) is 4.39 Å². The highest BCUT2D eigenvalue weighted by Gasteiger charge is 2.09. The minimum atomic E-state index is -0.438. The maximum Gasteiger partial charge on any atom is 0.167 e. The van der Waals surface area contributed by atoms with Crippen molar-refractivity contribution in [1.29, 1.82) is 0 Å². The van der Waals surface area contributed by atoms with Crippen molar-refractivity contribution in [3.8, 4) is 5.75 Å². The number of nitrogen functional groups attached to an aromatic ring is 1. The van der Waals surface area contributed by atoms with Crippen molar-refractivity contribution in [3.05, 3.63) is 47.5 Å². The number of hydrogen-bond donors (Lipinski definition) is 2. The first-order valence-corrected chi connectivity index (χ1v) is 6.97. The maximum atomic E-state index is 13.7. The van der Waals surface area contributed by atoms with Crippen LogP contribution in [0.15, 0.2) is 30.6 Å². The third-order valence-electron chi connectivity index (χ3n) is 3.17. The summed E-state index contributed by atoms with van der Waals surface area (Å²) in [6.07, 6.45) is 4.37. The number of nitrogens with one attached hydrogen (secondary N) is 1. The Bertz CT molecular complexity index is 616. The molecule has 1 heterocycles. The molecule has 2 aromatic rings. The molecule has 3 N–H and O–H groups in total. The average Bonchev–Trinajstić information content (AvgIpc) is 2.47. The number of pyridine rings is 1. The number of rotatable bonds is 6. The Morgan fingerprint density at radius 1 is 1.38 bits per heavy atom. The summed E-state index contributed by atoms with van der Waals surface area (Å²) in [6, 6.07) is 4.83. The zero-order valence-corrected chi connectivity index (χ0v) is 12.3. The van der Waals surface area contributed by atoms with E-state index >= 15 is 0 Å². The second-order valence-electron chi connectivity index (χ2n) is 4.87. The molecule has 112 valence electrons. The van der Waals surface area contributed by atoms with E-state index in [1.165, 1.54) is 6.07 Å². The molecule has 0 atom stereocenters. The molecule has 4 nitrogen and oxygen atoms in total. The number of nitrogens with two attached hydrogens (primary N) is 1. The molecule has 5 heteroatoms. The fraction of sp³-hybridized carbons (Fsp3) is 0.312. The lowest BCUT2D eigenvalue weighted by Gasteiger charge is -2.14. The molecule has 0 saturated carbocycles. The minimum absolute atomic E-state index is 0.222. The van der Waals surface area contributed by atoms with Crippen molar-refractivity contribution < 1.29 is 9.13 Å². The van der Waals surface area contributed by atoms with E-state index in [0.717, 1.165) is 17.5 Å². The lowest BCUT2D eigenvalue weighted by atomic mass is 10.1. The van der Waals surface area contributed by atoms with E-state index in [0.29, 0.717) is 24.5 Å². The van der Waals surface area contributed by atoms with Gasteiger partial charge in [0.1, 0.15) is 0 Å². The summed E-state index contributed by atoms with van der Waals surface area (Å²) in [5.74, 6) is -0.216. The van der Waals surface area contributed by atoms with Crippen LogP contribution in [0.25, 0.3) is 0 Å². The predicted octanol–water partition coefficient (Wildman–Crippen LogP) is 3.51. The van der Waals surface area contributed by atoms with Crippen LogP contribution in [0.1, 0.15) is 24.5 Å². The molecular formula is C16H20FN3O. The lowest BCUT2D eigenvalue weighted by molar-refractivity contribution is 0.301. The Morgan fingerprint density at radius 2 is 2.19 bits per heavy atom. The highest BCUT2D eigenvalue weighted by molar-refractivity contribution is 5.68. The zero-order chi connectivity index (χ0) is 15.2. The third-order valence-corrected chi connectivity index (χ3v) is 3.17. The smallest absolute Gasteiger partial charge is 0.167 e. The number of ether oxygens (including phenoxy) is 1. The third kappa shape index (κ3) is 3.84. The van der Waals surface area contributed by atoms with Crippen molar-refractivity contribution >= 4 is 11.4 Å². The normalized spacial score (nSPS) is 10.4. The minimum Gasteiger partial charge on any atom is -0.490 e. The topological polar surface area (TPSA) is 60.2 Å². The monoisotopic (exact) mass is 289 g/mol. The molecule has 0 radical (unpaired) electrons. The lowest BCUT2D eigenvalue weighted by Crippen LogP contribution is -2.06. The molecule has 0 aliphatic rings. The van der Waals surface area contributed by atoms with Crippen LogP contribution >= 0.6 is 0 Å². The van der Waals surface area contributed by atoms with Crippen molar-refractivity contribution in [2.24, 2.45) is 0 Å². The van der Waals surface area contributed by atoms with Crippen molar-refractivity contribution in [3.63, 3.8) is 0 Å². The van der Waals surface area contributed by atoms with E-state index in [-0.39, 0.29) is 5.75 Å². The highest BCUT2D eigenvalue weighted by atomic mass is 19.1. The summed E-state index contributed by atoms with van der Waals surface area (Å²) in [5.41, 5.74) is 9.09. The van der Waals surface area contributed by atoms with Crippen molar-refractivity contribution in [2.45, 2.75) is 26.8 Å². The molecule has 0 fully saturated rings. The SMILES string of the molecule is CCCOc1cc(NCc2ccncc2C)c(N)cc1F. The zero-order valence-electron chi connectivity index (χ0n) is 12.3. The van der Waals surface area contributed by atoms with Gasteiger partial charge < -0.3 is 15.8 Å². The van der Waals surface area contributed by atoms with Crippen LogP contribution in [-0.4, -0.2) is 11.6 Å². The summed E-state index contributed by atoms with van der Waals surface area (Å²) in [4.78, 5) is 4.05. The van der Waals surface area contributed by atoms with Gasteiger partial charge in [-0.2, -0.15) is 0 Å². The van der Waals surface area contributed by atoms with E-state index in [4.69, 9.17) is 10.5 Å². The van der Waals surface area contributed by atoms with Gasteiger partial charge in [-0.05, 0) is 30.5 Å². The summed E-state index contributed by atoms with van der Waals surface area (Å²) in [5, 5.41) is 3.21. The molecular weight excluding hydrogens is 269 g/mol. The summed E-state index contributed by atoms with van der Waals surface area (Å²) < 4.78 is 19.1. The summed E-state index contributed by atoms with van der Waals surface area (Å²) in [6.45, 7) is 5.04. The number of nitrogens with zero attached hydrogens (tertiary/aromatic N) is 1. The number of benzene rings is 1.